The van der Waals surface area contributed by atoms with Crippen LogP contribution >= 0.6 is 46.9 Å². The van der Waals surface area contributed by atoms with Gasteiger partial charge in [-0.05, 0) is 47.9 Å². The summed E-state index contributed by atoms with van der Waals surface area (Å²) in [6.45, 7) is 0. The first-order valence-electron chi connectivity index (χ1n) is 6.42. The van der Waals surface area contributed by atoms with E-state index in [0.717, 1.165) is 21.6 Å². The Morgan fingerprint density at radius 2 is 2.13 bits per heavy atom. The van der Waals surface area contributed by atoms with E-state index in [1.807, 2.05) is 17.5 Å². The first-order valence-corrected chi connectivity index (χ1v) is 8.91. The van der Waals surface area contributed by atoms with Crippen LogP contribution in [0.4, 0.5) is 0 Å². The summed E-state index contributed by atoms with van der Waals surface area (Å²) in [6.07, 6.45) is 1.76. The zero-order chi connectivity index (χ0) is 16.4. The summed E-state index contributed by atoms with van der Waals surface area (Å²) in [7, 11) is 0. The Kier molecular flexibility index (Phi) is 4.82. The summed E-state index contributed by atoms with van der Waals surface area (Å²) < 4.78 is 0.285. The van der Waals surface area contributed by atoms with Crippen LogP contribution in [0.25, 0.3) is 6.08 Å². The van der Waals surface area contributed by atoms with Crippen molar-refractivity contribution in [3.63, 3.8) is 0 Å². The molecule has 0 atom stereocenters. The van der Waals surface area contributed by atoms with Gasteiger partial charge in [-0.2, -0.15) is 5.01 Å². The molecule has 2 amide bonds. The number of carbonyl (C=O) groups excluding carboxylic acids is 2. The zero-order valence-electron chi connectivity index (χ0n) is 11.5. The molecular formula is C15H9ClN2O2S3. The fraction of sp³-hybridized carbons (Fsp3) is 0. The number of thiophene rings is 1. The normalized spacial score (nSPS) is 16.2. The number of hydrogen-bond acceptors (Lipinski definition) is 5. The van der Waals surface area contributed by atoms with Gasteiger partial charge < -0.3 is 0 Å². The van der Waals surface area contributed by atoms with Gasteiger partial charge in [0.05, 0.1) is 4.91 Å². The highest BCUT2D eigenvalue weighted by molar-refractivity contribution is 8.26. The largest absolute Gasteiger partial charge is 0.285 e. The molecule has 4 nitrogen and oxygen atoms in total. The summed E-state index contributed by atoms with van der Waals surface area (Å²) in [5.41, 5.74) is 2.87. The van der Waals surface area contributed by atoms with Crippen molar-refractivity contribution in [1.29, 1.82) is 0 Å². The van der Waals surface area contributed by atoms with Gasteiger partial charge in [-0.3, -0.25) is 15.0 Å². The molecule has 0 radical (unpaired) electrons. The number of carbonyl (C=O) groups is 2. The minimum atomic E-state index is -0.443. The topological polar surface area (TPSA) is 49.4 Å². The maximum Gasteiger partial charge on any atom is 0.285 e. The molecule has 0 unspecified atom stereocenters. The number of halogens is 1. The average Bonchev–Trinajstić information content (AvgIpc) is 3.12. The number of thiocarbonyl (C=S) groups is 1. The van der Waals surface area contributed by atoms with Crippen LogP contribution in [0.3, 0.4) is 0 Å². The minimum absolute atomic E-state index is 0.285. The van der Waals surface area contributed by atoms with Gasteiger partial charge in [0.15, 0.2) is 4.32 Å². The predicted octanol–water partition coefficient (Wildman–Crippen LogP) is 3.95. The Hall–Kier alpha value is -1.67. The van der Waals surface area contributed by atoms with Crippen molar-refractivity contribution < 1.29 is 9.59 Å². The van der Waals surface area contributed by atoms with Gasteiger partial charge in [-0.15, -0.1) is 11.3 Å². The van der Waals surface area contributed by atoms with Crippen LogP contribution in [0.1, 0.15) is 15.2 Å². The number of nitrogens with one attached hydrogen (secondary N) is 1. The molecule has 2 aromatic rings. The molecule has 1 aromatic carbocycles. The van der Waals surface area contributed by atoms with Gasteiger partial charge in [0.2, 0.25) is 0 Å². The number of amides is 2. The Labute approximate surface area is 151 Å². The molecule has 1 aliphatic heterocycles. The summed E-state index contributed by atoms with van der Waals surface area (Å²) in [5.74, 6) is -0.787. The van der Waals surface area contributed by atoms with Crippen molar-refractivity contribution in [1.82, 2.24) is 10.4 Å². The van der Waals surface area contributed by atoms with E-state index in [2.05, 4.69) is 5.43 Å². The standard InChI is InChI=1S/C15H9ClN2O2S3/c16-10-4-1-3-9(7-10)13(19)17-18-14(20)12(23-15(18)21)8-11-5-2-6-22-11/h1-8H,(H,17,19). The third-order valence-corrected chi connectivity index (χ3v) is 5.27. The van der Waals surface area contributed by atoms with Crippen molar-refractivity contribution in [3.05, 3.63) is 62.1 Å². The molecule has 1 fully saturated rings. The Morgan fingerprint density at radius 3 is 2.83 bits per heavy atom. The maximum absolute atomic E-state index is 12.4. The molecule has 1 saturated heterocycles. The van der Waals surface area contributed by atoms with Gasteiger partial charge in [-0.25, -0.2) is 0 Å². The molecule has 3 rings (SSSR count). The van der Waals surface area contributed by atoms with E-state index in [1.165, 1.54) is 17.4 Å². The highest BCUT2D eigenvalue weighted by atomic mass is 35.5. The quantitative estimate of drug-likeness (QED) is 0.647. The number of rotatable bonds is 3. The number of hydrogen-bond donors (Lipinski definition) is 1. The van der Waals surface area contributed by atoms with Crippen molar-refractivity contribution in [2.45, 2.75) is 0 Å². The second-order valence-corrected chi connectivity index (χ2v) is 7.58. The lowest BCUT2D eigenvalue weighted by Crippen LogP contribution is -2.44. The van der Waals surface area contributed by atoms with Gasteiger partial charge >= 0.3 is 0 Å². The van der Waals surface area contributed by atoms with Gasteiger partial charge in [0, 0.05) is 15.5 Å². The van der Waals surface area contributed by atoms with Gasteiger partial charge in [0.25, 0.3) is 11.8 Å². The van der Waals surface area contributed by atoms with E-state index in [0.29, 0.717) is 15.5 Å². The molecular weight excluding hydrogens is 372 g/mol. The second-order valence-electron chi connectivity index (χ2n) is 4.48. The Morgan fingerprint density at radius 1 is 1.30 bits per heavy atom. The predicted molar refractivity (Wildman–Crippen MR) is 98.2 cm³/mol. The third kappa shape index (κ3) is 3.64. The van der Waals surface area contributed by atoms with Crippen molar-refractivity contribution >= 4 is 69.1 Å². The molecule has 1 N–H and O–H groups in total. The van der Waals surface area contributed by atoms with Crippen molar-refractivity contribution in [2.24, 2.45) is 0 Å². The van der Waals surface area contributed by atoms with E-state index in [1.54, 1.807) is 24.3 Å². The second kappa shape index (κ2) is 6.84. The highest BCUT2D eigenvalue weighted by Crippen LogP contribution is 2.32. The highest BCUT2D eigenvalue weighted by Gasteiger charge is 2.33. The van der Waals surface area contributed by atoms with E-state index < -0.39 is 5.91 Å². The number of benzene rings is 1. The summed E-state index contributed by atoms with van der Waals surface area (Å²) >= 11 is 13.7. The maximum atomic E-state index is 12.4. The van der Waals surface area contributed by atoms with Crippen LogP contribution in [0.15, 0.2) is 46.7 Å². The molecule has 116 valence electrons. The molecule has 0 saturated carbocycles. The summed E-state index contributed by atoms with van der Waals surface area (Å²) in [6, 6.07) is 10.3. The molecule has 0 spiro atoms. The number of thioether (sulfide) groups is 1. The lowest BCUT2D eigenvalue weighted by Gasteiger charge is -2.15. The van der Waals surface area contributed by atoms with E-state index in [-0.39, 0.29) is 10.2 Å². The Bertz CT molecular complexity index is 818. The molecule has 0 bridgehead atoms. The molecule has 23 heavy (non-hydrogen) atoms. The molecule has 2 heterocycles. The van der Waals surface area contributed by atoms with Crippen LogP contribution in [-0.2, 0) is 4.79 Å². The first kappa shape index (κ1) is 16.2. The van der Waals surface area contributed by atoms with Gasteiger partial charge in [-0.1, -0.05) is 35.5 Å². The first-order chi connectivity index (χ1) is 11.0. The molecule has 1 aromatic heterocycles. The van der Waals surface area contributed by atoms with Crippen LogP contribution in [-0.4, -0.2) is 21.1 Å². The number of nitrogens with zero attached hydrogens (tertiary/aromatic N) is 1. The van der Waals surface area contributed by atoms with E-state index in [4.69, 9.17) is 23.8 Å². The van der Waals surface area contributed by atoms with Crippen molar-refractivity contribution in [2.75, 3.05) is 0 Å². The van der Waals surface area contributed by atoms with Crippen LogP contribution in [0.5, 0.6) is 0 Å². The molecule has 0 aliphatic carbocycles. The van der Waals surface area contributed by atoms with Crippen molar-refractivity contribution in [3.8, 4) is 0 Å². The average molecular weight is 381 g/mol. The van der Waals surface area contributed by atoms with Crippen LogP contribution < -0.4 is 5.43 Å². The molecule has 8 heteroatoms. The van der Waals surface area contributed by atoms with Gasteiger partial charge in [0.1, 0.15) is 0 Å². The van der Waals surface area contributed by atoms with Crippen LogP contribution in [0, 0.1) is 0 Å². The monoisotopic (exact) mass is 380 g/mol. The number of hydrazine groups is 1. The van der Waals surface area contributed by atoms with E-state index >= 15 is 0 Å². The molecule has 1 aliphatic rings. The third-order valence-electron chi connectivity index (χ3n) is 2.91. The SMILES string of the molecule is O=C(NN1C(=O)C(=Cc2cccs2)SC1=S)c1cccc(Cl)c1. The van der Waals surface area contributed by atoms with Crippen LogP contribution in [0.2, 0.25) is 5.02 Å². The summed E-state index contributed by atoms with van der Waals surface area (Å²) in [4.78, 5) is 26.0. The Balaban J connectivity index is 1.77. The fourth-order valence-corrected chi connectivity index (χ4v) is 3.96. The summed E-state index contributed by atoms with van der Waals surface area (Å²) in [5, 5.41) is 3.46. The lowest BCUT2D eigenvalue weighted by molar-refractivity contribution is -0.123. The fourth-order valence-electron chi connectivity index (χ4n) is 1.86. The lowest BCUT2D eigenvalue weighted by atomic mass is 10.2. The van der Waals surface area contributed by atoms with E-state index in [9.17, 15) is 9.59 Å². The zero-order valence-corrected chi connectivity index (χ0v) is 14.7. The smallest absolute Gasteiger partial charge is 0.267 e. The minimum Gasteiger partial charge on any atom is -0.267 e.